The van der Waals surface area contributed by atoms with Gasteiger partial charge < -0.3 is 14.7 Å². The molecular weight excluding hydrogens is 464 g/mol. The van der Waals surface area contributed by atoms with E-state index in [1.165, 1.54) is 23.3 Å². The molecule has 3 saturated heterocycles. The topological polar surface area (TPSA) is 64.2 Å². The second kappa shape index (κ2) is 10.0. The van der Waals surface area contributed by atoms with Crippen molar-refractivity contribution in [1.29, 1.82) is 0 Å². The standard InChI is InChI=1S/C30H44N4O3/c1-5-33-27(36)30(34(28(33)37)18-22-11-12-22)13-15-31(16-14-30)19-24-20-32(26(35)17-29(2,3)4)21-25(24)23-9-7-6-8-10-23/h6-10,22,24-25H,5,11-21H2,1-4H3/t24-,25+/m0/s1. The van der Waals surface area contributed by atoms with E-state index >= 15 is 0 Å². The second-order valence-corrected chi connectivity index (χ2v) is 13.0. The highest BCUT2D eigenvalue weighted by Gasteiger charge is 2.58. The van der Waals surface area contributed by atoms with E-state index in [0.29, 0.717) is 43.6 Å². The number of carbonyl (C=O) groups is 3. The minimum Gasteiger partial charge on any atom is -0.342 e. The summed E-state index contributed by atoms with van der Waals surface area (Å²) in [7, 11) is 0. The first-order valence-corrected chi connectivity index (χ1v) is 14.3. The van der Waals surface area contributed by atoms with E-state index in [4.69, 9.17) is 0 Å². The Hall–Kier alpha value is -2.41. The number of nitrogens with zero attached hydrogens (tertiary/aromatic N) is 4. The number of imide groups is 1. The van der Waals surface area contributed by atoms with Crippen molar-refractivity contribution in [1.82, 2.24) is 19.6 Å². The van der Waals surface area contributed by atoms with Crippen LogP contribution in [-0.4, -0.2) is 88.8 Å². The maximum Gasteiger partial charge on any atom is 0.327 e. The first-order valence-electron chi connectivity index (χ1n) is 14.3. The van der Waals surface area contributed by atoms with E-state index in [2.05, 4.69) is 54.8 Å². The zero-order valence-electron chi connectivity index (χ0n) is 23.1. The fourth-order valence-electron chi connectivity index (χ4n) is 6.70. The van der Waals surface area contributed by atoms with Crippen molar-refractivity contribution in [2.24, 2.45) is 17.3 Å². The first kappa shape index (κ1) is 26.2. The van der Waals surface area contributed by atoms with Crippen LogP contribution in [0, 0.1) is 17.3 Å². The van der Waals surface area contributed by atoms with Gasteiger partial charge in [-0.3, -0.25) is 14.5 Å². The molecule has 3 aliphatic heterocycles. The molecule has 3 heterocycles. The number of hydrogen-bond donors (Lipinski definition) is 0. The molecule has 1 aromatic carbocycles. The Bertz CT molecular complexity index is 1010. The van der Waals surface area contributed by atoms with Crippen LogP contribution in [0.1, 0.15) is 71.3 Å². The number of carbonyl (C=O) groups excluding carboxylic acids is 3. The van der Waals surface area contributed by atoms with Crippen molar-refractivity contribution in [2.75, 3.05) is 45.8 Å². The summed E-state index contributed by atoms with van der Waals surface area (Å²) in [5.41, 5.74) is 0.621. The van der Waals surface area contributed by atoms with Gasteiger partial charge in [-0.05, 0) is 55.4 Å². The minimum absolute atomic E-state index is 0.0160. The highest BCUT2D eigenvalue weighted by molar-refractivity contribution is 6.07. The van der Waals surface area contributed by atoms with Crippen LogP contribution in [-0.2, 0) is 9.59 Å². The minimum atomic E-state index is -0.657. The van der Waals surface area contributed by atoms with E-state index in [1.807, 2.05) is 17.9 Å². The Labute approximate surface area is 222 Å². The van der Waals surface area contributed by atoms with Crippen LogP contribution < -0.4 is 0 Å². The lowest BCUT2D eigenvalue weighted by Crippen LogP contribution is -2.57. The zero-order chi connectivity index (χ0) is 26.4. The highest BCUT2D eigenvalue weighted by atomic mass is 16.2. The van der Waals surface area contributed by atoms with Crippen molar-refractivity contribution in [2.45, 2.75) is 71.3 Å². The molecule has 0 aromatic heterocycles. The molecule has 4 fully saturated rings. The number of piperidine rings is 1. The molecule has 4 amide bonds. The fraction of sp³-hybridized carbons (Fsp3) is 0.700. The van der Waals surface area contributed by atoms with Crippen LogP contribution in [0.25, 0.3) is 0 Å². The molecule has 2 atom stereocenters. The van der Waals surface area contributed by atoms with Crippen molar-refractivity contribution >= 4 is 17.8 Å². The lowest BCUT2D eigenvalue weighted by molar-refractivity contribution is -0.136. The number of likely N-dealkylation sites (N-methyl/N-ethyl adjacent to an activating group) is 1. The number of likely N-dealkylation sites (tertiary alicyclic amines) is 2. The molecule has 7 heteroatoms. The molecule has 0 bridgehead atoms. The lowest BCUT2D eigenvalue weighted by atomic mass is 9.84. The third kappa shape index (κ3) is 5.29. The molecule has 5 rings (SSSR count). The first-order chi connectivity index (χ1) is 17.6. The maximum absolute atomic E-state index is 13.5. The number of amides is 4. The predicted octanol–water partition coefficient (Wildman–Crippen LogP) is 4.19. The molecule has 0 N–H and O–H groups in total. The number of benzene rings is 1. The Morgan fingerprint density at radius 2 is 1.68 bits per heavy atom. The highest BCUT2D eigenvalue weighted by Crippen LogP contribution is 2.42. The molecule has 1 saturated carbocycles. The van der Waals surface area contributed by atoms with Gasteiger partial charge in [-0.15, -0.1) is 0 Å². The van der Waals surface area contributed by atoms with Gasteiger partial charge in [0.05, 0.1) is 0 Å². The van der Waals surface area contributed by atoms with Gasteiger partial charge in [0.25, 0.3) is 5.91 Å². The van der Waals surface area contributed by atoms with Gasteiger partial charge >= 0.3 is 6.03 Å². The molecule has 1 aromatic rings. The Kier molecular flexibility index (Phi) is 7.12. The van der Waals surface area contributed by atoms with E-state index < -0.39 is 5.54 Å². The summed E-state index contributed by atoms with van der Waals surface area (Å²) in [6.07, 6.45) is 4.30. The molecule has 0 unspecified atom stereocenters. The molecule has 1 aliphatic carbocycles. The molecule has 7 nitrogen and oxygen atoms in total. The Balaban J connectivity index is 1.28. The summed E-state index contributed by atoms with van der Waals surface area (Å²) in [6, 6.07) is 10.5. The summed E-state index contributed by atoms with van der Waals surface area (Å²) in [5.74, 6) is 1.50. The smallest absolute Gasteiger partial charge is 0.327 e. The Morgan fingerprint density at radius 1 is 1.00 bits per heavy atom. The van der Waals surface area contributed by atoms with E-state index in [0.717, 1.165) is 39.3 Å². The van der Waals surface area contributed by atoms with Crippen LogP contribution in [0.15, 0.2) is 30.3 Å². The number of rotatable bonds is 7. The van der Waals surface area contributed by atoms with Crippen LogP contribution in [0.3, 0.4) is 0 Å². The molecular formula is C30H44N4O3. The average molecular weight is 509 g/mol. The fourth-order valence-corrected chi connectivity index (χ4v) is 6.70. The van der Waals surface area contributed by atoms with E-state index in [1.54, 1.807) is 0 Å². The number of urea groups is 1. The van der Waals surface area contributed by atoms with Crippen molar-refractivity contribution in [3.05, 3.63) is 35.9 Å². The molecule has 37 heavy (non-hydrogen) atoms. The van der Waals surface area contributed by atoms with Gasteiger partial charge in [-0.2, -0.15) is 0 Å². The third-order valence-corrected chi connectivity index (χ3v) is 8.95. The molecule has 0 radical (unpaired) electrons. The van der Waals surface area contributed by atoms with Gasteiger partial charge in [0.2, 0.25) is 5.91 Å². The summed E-state index contributed by atoms with van der Waals surface area (Å²) >= 11 is 0. The van der Waals surface area contributed by atoms with Gasteiger partial charge in [-0.25, -0.2) is 4.79 Å². The van der Waals surface area contributed by atoms with Crippen LogP contribution in [0.5, 0.6) is 0 Å². The normalized spacial score (nSPS) is 26.5. The van der Waals surface area contributed by atoms with Gasteiger partial charge in [-0.1, -0.05) is 51.1 Å². The van der Waals surface area contributed by atoms with Crippen molar-refractivity contribution in [3.63, 3.8) is 0 Å². The summed E-state index contributed by atoms with van der Waals surface area (Å²) in [6.45, 7) is 13.5. The third-order valence-electron chi connectivity index (χ3n) is 8.95. The Morgan fingerprint density at radius 3 is 2.27 bits per heavy atom. The average Bonchev–Trinajstić information content (AvgIpc) is 3.55. The quantitative estimate of drug-likeness (QED) is 0.518. The van der Waals surface area contributed by atoms with Crippen molar-refractivity contribution < 1.29 is 14.4 Å². The van der Waals surface area contributed by atoms with Crippen LogP contribution in [0.2, 0.25) is 0 Å². The largest absolute Gasteiger partial charge is 0.342 e. The molecule has 4 aliphatic rings. The molecule has 202 valence electrons. The van der Waals surface area contributed by atoms with Crippen LogP contribution >= 0.6 is 0 Å². The van der Waals surface area contributed by atoms with Gasteiger partial charge in [0.1, 0.15) is 5.54 Å². The maximum atomic E-state index is 13.5. The SMILES string of the molecule is CCN1C(=O)N(CC2CC2)C2(CCN(C[C@H]3CN(C(=O)CC(C)(C)C)C[C@@H]3c3ccccc3)CC2)C1=O. The lowest BCUT2D eigenvalue weighted by Gasteiger charge is -2.43. The van der Waals surface area contributed by atoms with E-state index in [-0.39, 0.29) is 23.3 Å². The van der Waals surface area contributed by atoms with Crippen molar-refractivity contribution in [3.8, 4) is 0 Å². The zero-order valence-corrected chi connectivity index (χ0v) is 23.1. The summed E-state index contributed by atoms with van der Waals surface area (Å²) < 4.78 is 0. The van der Waals surface area contributed by atoms with Crippen LogP contribution in [0.4, 0.5) is 4.79 Å². The molecule has 1 spiro atoms. The van der Waals surface area contributed by atoms with Gasteiger partial charge in [0.15, 0.2) is 0 Å². The summed E-state index contributed by atoms with van der Waals surface area (Å²) in [5, 5.41) is 0. The predicted molar refractivity (Wildman–Crippen MR) is 144 cm³/mol. The summed E-state index contributed by atoms with van der Waals surface area (Å²) in [4.78, 5) is 47.7. The monoisotopic (exact) mass is 508 g/mol. The van der Waals surface area contributed by atoms with Gasteiger partial charge in [0, 0.05) is 58.2 Å². The van der Waals surface area contributed by atoms with E-state index in [9.17, 15) is 14.4 Å². The second-order valence-electron chi connectivity index (χ2n) is 13.0. The number of hydrogen-bond acceptors (Lipinski definition) is 4.